The van der Waals surface area contributed by atoms with Crippen LogP contribution in [0.1, 0.15) is 78.6 Å². The van der Waals surface area contributed by atoms with E-state index in [9.17, 15) is 5.11 Å². The Kier molecular flexibility index (Phi) is 4.82. The summed E-state index contributed by atoms with van der Waals surface area (Å²) in [7, 11) is 0. The van der Waals surface area contributed by atoms with Gasteiger partial charge in [-0.2, -0.15) is 0 Å². The van der Waals surface area contributed by atoms with Crippen molar-refractivity contribution in [2.45, 2.75) is 84.2 Å². The van der Waals surface area contributed by atoms with Gasteiger partial charge in [-0.3, -0.25) is 0 Å². The van der Waals surface area contributed by atoms with E-state index in [0.717, 1.165) is 42.4 Å². The van der Waals surface area contributed by atoms with Gasteiger partial charge in [0.2, 0.25) is 0 Å². The van der Waals surface area contributed by atoms with Gasteiger partial charge in [0.15, 0.2) is 0 Å². The molecule has 0 aromatic rings. The zero-order chi connectivity index (χ0) is 17.7. The standard InChI is InChI=1S/C23H38O2/c1-4-17-7-9-21-20-8-6-16-14-23(24,15-25-5-2)13-11-18(16)19(20)10-12-22(17,21)3/h4,16,18-21,24H,5-15H2,1-3H3/t16-,18-,19+,20+,21-,22+,23+/m0/s1. The second kappa shape index (κ2) is 6.68. The van der Waals surface area contributed by atoms with E-state index < -0.39 is 5.60 Å². The highest BCUT2D eigenvalue weighted by atomic mass is 16.5. The average Bonchev–Trinajstić information content (AvgIpc) is 2.96. The van der Waals surface area contributed by atoms with Crippen molar-refractivity contribution < 1.29 is 9.84 Å². The van der Waals surface area contributed by atoms with Gasteiger partial charge >= 0.3 is 0 Å². The lowest BCUT2D eigenvalue weighted by atomic mass is 9.49. The predicted octanol–water partition coefficient (Wildman–Crippen LogP) is 5.35. The number of rotatable bonds is 3. The summed E-state index contributed by atoms with van der Waals surface area (Å²) in [5.74, 6) is 4.44. The van der Waals surface area contributed by atoms with Gasteiger partial charge in [0, 0.05) is 6.61 Å². The minimum absolute atomic E-state index is 0.507. The molecule has 0 spiro atoms. The van der Waals surface area contributed by atoms with Gasteiger partial charge < -0.3 is 9.84 Å². The van der Waals surface area contributed by atoms with Crippen molar-refractivity contribution in [2.75, 3.05) is 13.2 Å². The summed E-state index contributed by atoms with van der Waals surface area (Å²) < 4.78 is 5.60. The van der Waals surface area contributed by atoms with Crippen LogP contribution in [-0.2, 0) is 4.74 Å². The lowest BCUT2D eigenvalue weighted by Crippen LogP contribution is -2.51. The number of hydrogen-bond acceptors (Lipinski definition) is 2. The first-order chi connectivity index (χ1) is 12.0. The predicted molar refractivity (Wildman–Crippen MR) is 102 cm³/mol. The molecule has 0 aliphatic heterocycles. The van der Waals surface area contributed by atoms with Crippen LogP contribution < -0.4 is 0 Å². The van der Waals surface area contributed by atoms with Crippen molar-refractivity contribution in [1.82, 2.24) is 0 Å². The average molecular weight is 347 g/mol. The fourth-order valence-electron chi connectivity index (χ4n) is 7.71. The zero-order valence-electron chi connectivity index (χ0n) is 16.6. The smallest absolute Gasteiger partial charge is 0.0883 e. The number of allylic oxidation sites excluding steroid dienone is 2. The van der Waals surface area contributed by atoms with E-state index in [0.29, 0.717) is 18.6 Å². The van der Waals surface area contributed by atoms with Crippen LogP contribution in [0, 0.1) is 35.0 Å². The summed E-state index contributed by atoms with van der Waals surface area (Å²) in [5.41, 5.74) is 1.72. The highest BCUT2D eigenvalue weighted by molar-refractivity contribution is 5.23. The van der Waals surface area contributed by atoms with Gasteiger partial charge in [0.1, 0.15) is 0 Å². The third kappa shape index (κ3) is 2.92. The second-order valence-corrected chi connectivity index (χ2v) is 9.85. The van der Waals surface area contributed by atoms with Gasteiger partial charge in [-0.15, -0.1) is 0 Å². The molecule has 2 heteroatoms. The van der Waals surface area contributed by atoms with Crippen LogP contribution in [0.15, 0.2) is 11.6 Å². The molecule has 0 bridgehead atoms. The Morgan fingerprint density at radius 1 is 1.08 bits per heavy atom. The van der Waals surface area contributed by atoms with E-state index in [1.54, 1.807) is 5.57 Å². The molecule has 2 nitrogen and oxygen atoms in total. The maximum Gasteiger partial charge on any atom is 0.0883 e. The Morgan fingerprint density at radius 2 is 1.88 bits per heavy atom. The van der Waals surface area contributed by atoms with E-state index in [1.807, 2.05) is 6.92 Å². The first-order valence-electron chi connectivity index (χ1n) is 11.0. The molecular weight excluding hydrogens is 308 g/mol. The first kappa shape index (κ1) is 18.0. The molecule has 0 saturated heterocycles. The quantitative estimate of drug-likeness (QED) is 0.698. The minimum Gasteiger partial charge on any atom is -0.387 e. The molecule has 0 aromatic carbocycles. The first-order valence-corrected chi connectivity index (χ1v) is 11.0. The summed E-state index contributed by atoms with van der Waals surface area (Å²) in [5, 5.41) is 11.0. The summed E-state index contributed by atoms with van der Waals surface area (Å²) in [6.45, 7) is 8.12. The van der Waals surface area contributed by atoms with Crippen LogP contribution in [0.5, 0.6) is 0 Å². The molecule has 4 rings (SSSR count). The summed E-state index contributed by atoms with van der Waals surface area (Å²) in [4.78, 5) is 0. The molecule has 25 heavy (non-hydrogen) atoms. The maximum absolute atomic E-state index is 11.0. The molecule has 4 fully saturated rings. The Balaban J connectivity index is 1.48. The Morgan fingerprint density at radius 3 is 2.64 bits per heavy atom. The monoisotopic (exact) mass is 346 g/mol. The topological polar surface area (TPSA) is 29.5 Å². The molecule has 142 valence electrons. The molecule has 4 aliphatic carbocycles. The number of aliphatic hydroxyl groups is 1. The normalized spacial score (nSPS) is 51.0. The number of ether oxygens (including phenoxy) is 1. The highest BCUT2D eigenvalue weighted by Crippen LogP contribution is 2.64. The van der Waals surface area contributed by atoms with Crippen LogP contribution >= 0.6 is 0 Å². The number of hydrogen-bond donors (Lipinski definition) is 1. The van der Waals surface area contributed by atoms with Gasteiger partial charge in [0.25, 0.3) is 0 Å². The fourth-order valence-corrected chi connectivity index (χ4v) is 7.71. The molecule has 0 radical (unpaired) electrons. The zero-order valence-corrected chi connectivity index (χ0v) is 16.6. The van der Waals surface area contributed by atoms with Gasteiger partial charge in [-0.25, -0.2) is 0 Å². The molecular formula is C23H38O2. The minimum atomic E-state index is -0.543. The molecule has 1 N–H and O–H groups in total. The molecule has 0 aromatic heterocycles. The SMILES string of the molecule is CC=C1CC[C@H]2[C@@H]3CC[C@H]4C[C@@](O)(COCC)CC[C@@H]4[C@H]3CC[C@]12C. The molecule has 4 aliphatic rings. The summed E-state index contributed by atoms with van der Waals surface area (Å²) in [6, 6.07) is 0. The van der Waals surface area contributed by atoms with Gasteiger partial charge in [-0.1, -0.05) is 18.6 Å². The van der Waals surface area contributed by atoms with Crippen LogP contribution in [0.25, 0.3) is 0 Å². The van der Waals surface area contributed by atoms with E-state index in [2.05, 4.69) is 19.9 Å². The van der Waals surface area contributed by atoms with Crippen molar-refractivity contribution in [3.63, 3.8) is 0 Å². The maximum atomic E-state index is 11.0. The van der Waals surface area contributed by atoms with E-state index >= 15 is 0 Å². The van der Waals surface area contributed by atoms with E-state index in [1.165, 1.54) is 44.9 Å². The third-order valence-corrected chi connectivity index (χ3v) is 8.88. The Labute approximate surface area is 154 Å². The van der Waals surface area contributed by atoms with E-state index in [-0.39, 0.29) is 0 Å². The molecule has 0 amide bonds. The van der Waals surface area contributed by atoms with Crippen LogP contribution in [0.4, 0.5) is 0 Å². The van der Waals surface area contributed by atoms with E-state index in [4.69, 9.17) is 4.74 Å². The fraction of sp³-hybridized carbons (Fsp3) is 0.913. The Hall–Kier alpha value is -0.340. The van der Waals surface area contributed by atoms with Crippen molar-refractivity contribution in [3.8, 4) is 0 Å². The third-order valence-electron chi connectivity index (χ3n) is 8.88. The van der Waals surface area contributed by atoms with Gasteiger partial charge in [-0.05, 0) is 107 Å². The van der Waals surface area contributed by atoms with Crippen molar-refractivity contribution >= 4 is 0 Å². The Bertz CT molecular complexity index is 526. The molecule has 7 atom stereocenters. The lowest BCUT2D eigenvalue weighted by molar-refractivity contribution is -0.123. The highest BCUT2D eigenvalue weighted by Gasteiger charge is 2.56. The van der Waals surface area contributed by atoms with Crippen molar-refractivity contribution in [2.24, 2.45) is 35.0 Å². The van der Waals surface area contributed by atoms with Gasteiger partial charge in [0.05, 0.1) is 12.2 Å². The summed E-state index contributed by atoms with van der Waals surface area (Å²) in [6.07, 6.45) is 14.0. The molecule has 0 unspecified atom stereocenters. The largest absolute Gasteiger partial charge is 0.387 e. The number of fused-ring (bicyclic) bond motifs is 5. The lowest BCUT2D eigenvalue weighted by Gasteiger charge is -2.56. The van der Waals surface area contributed by atoms with Crippen molar-refractivity contribution in [3.05, 3.63) is 11.6 Å². The van der Waals surface area contributed by atoms with Crippen LogP contribution in [0.3, 0.4) is 0 Å². The molecule has 0 heterocycles. The van der Waals surface area contributed by atoms with Crippen LogP contribution in [0.2, 0.25) is 0 Å². The van der Waals surface area contributed by atoms with Crippen LogP contribution in [-0.4, -0.2) is 23.9 Å². The summed E-state index contributed by atoms with van der Waals surface area (Å²) >= 11 is 0. The van der Waals surface area contributed by atoms with Crippen molar-refractivity contribution in [1.29, 1.82) is 0 Å². The molecule has 4 saturated carbocycles. The second-order valence-electron chi connectivity index (χ2n) is 9.85.